The van der Waals surface area contributed by atoms with E-state index >= 15 is 0 Å². The summed E-state index contributed by atoms with van der Waals surface area (Å²) in [4.78, 5) is 33.7. The number of nitrogens with zero attached hydrogens (tertiary/aromatic N) is 5. The Kier molecular flexibility index (Phi) is 4.46. The standard InChI is InChI=1S/C21H17FN6O3/c1-12-2-4-13(5-3-12)31-14-10-27(11-14)21(30)19(29)15-8-23-18-17(15)16(22)9-24-20(18)28-7-6-25-26-28/h2-9,14,23H,10-11H2,1H3. The minimum absolute atomic E-state index is 0.00757. The van der Waals surface area contributed by atoms with Crippen LogP contribution in [0.5, 0.6) is 5.75 Å². The normalized spacial score (nSPS) is 13.9. The van der Waals surface area contributed by atoms with Crippen LogP contribution in [0.25, 0.3) is 16.7 Å². The number of H-pyrrole nitrogens is 1. The molecule has 0 aliphatic carbocycles. The van der Waals surface area contributed by atoms with Crippen molar-refractivity contribution in [2.24, 2.45) is 0 Å². The zero-order chi connectivity index (χ0) is 21.5. The molecule has 10 heteroatoms. The van der Waals surface area contributed by atoms with Crippen LogP contribution in [0.4, 0.5) is 4.39 Å². The molecule has 1 amide bonds. The fraction of sp³-hybridized carbons (Fsp3) is 0.190. The van der Waals surface area contributed by atoms with E-state index in [9.17, 15) is 14.0 Å². The lowest BCUT2D eigenvalue weighted by atomic mass is 10.1. The topological polar surface area (TPSA) is 106 Å². The molecule has 0 saturated carbocycles. The molecule has 0 bridgehead atoms. The molecule has 0 spiro atoms. The lowest BCUT2D eigenvalue weighted by molar-refractivity contribution is -0.134. The molecule has 1 saturated heterocycles. The molecule has 0 unspecified atom stereocenters. The number of aryl methyl sites for hydroxylation is 1. The number of ether oxygens (including phenoxy) is 1. The summed E-state index contributed by atoms with van der Waals surface area (Å²) in [7, 11) is 0. The second-order valence-corrected chi connectivity index (χ2v) is 7.32. The summed E-state index contributed by atoms with van der Waals surface area (Å²) in [5.41, 5.74) is 1.33. The maximum atomic E-state index is 14.5. The van der Waals surface area contributed by atoms with Crippen molar-refractivity contribution in [3.63, 3.8) is 0 Å². The summed E-state index contributed by atoms with van der Waals surface area (Å²) in [5, 5.41) is 7.54. The lowest BCUT2D eigenvalue weighted by Gasteiger charge is -2.38. The molecular formula is C21H17FN6O3. The van der Waals surface area contributed by atoms with Crippen LogP contribution in [0.3, 0.4) is 0 Å². The molecular weight excluding hydrogens is 403 g/mol. The molecule has 5 rings (SSSR count). The molecule has 1 N–H and O–H groups in total. The Bertz CT molecular complexity index is 1280. The number of amides is 1. The highest BCUT2D eigenvalue weighted by Crippen LogP contribution is 2.27. The van der Waals surface area contributed by atoms with Gasteiger partial charge >= 0.3 is 0 Å². The van der Waals surface area contributed by atoms with Crippen molar-refractivity contribution < 1.29 is 18.7 Å². The van der Waals surface area contributed by atoms with Crippen LogP contribution in [0, 0.1) is 12.7 Å². The summed E-state index contributed by atoms with van der Waals surface area (Å²) < 4.78 is 21.7. The number of aromatic nitrogens is 5. The summed E-state index contributed by atoms with van der Waals surface area (Å²) in [6, 6.07) is 7.60. The van der Waals surface area contributed by atoms with Crippen LogP contribution >= 0.6 is 0 Å². The number of ketones is 1. The number of Topliss-reactive ketones (excluding diaryl/α,β-unsaturated/α-hetero) is 1. The Morgan fingerprint density at radius 3 is 2.71 bits per heavy atom. The molecule has 0 atom stereocenters. The van der Waals surface area contributed by atoms with Crippen molar-refractivity contribution >= 4 is 22.6 Å². The number of hydrogen-bond donors (Lipinski definition) is 1. The van der Waals surface area contributed by atoms with E-state index < -0.39 is 17.5 Å². The predicted molar refractivity (Wildman–Crippen MR) is 107 cm³/mol. The number of aromatic amines is 1. The van der Waals surface area contributed by atoms with Crippen molar-refractivity contribution in [3.8, 4) is 11.6 Å². The molecule has 9 nitrogen and oxygen atoms in total. The maximum absolute atomic E-state index is 14.5. The van der Waals surface area contributed by atoms with Gasteiger partial charge in [0.05, 0.1) is 48.1 Å². The second kappa shape index (κ2) is 7.31. The zero-order valence-electron chi connectivity index (χ0n) is 16.4. The largest absolute Gasteiger partial charge is 0.487 e. The molecule has 31 heavy (non-hydrogen) atoms. The molecule has 1 aliphatic rings. The molecule has 0 radical (unpaired) electrons. The number of benzene rings is 1. The van der Waals surface area contributed by atoms with Gasteiger partial charge in [-0.1, -0.05) is 22.9 Å². The second-order valence-electron chi connectivity index (χ2n) is 7.32. The SMILES string of the molecule is Cc1ccc(OC2CN(C(=O)C(=O)c3c[nH]c4c(-n5ccnn5)ncc(F)c34)C2)cc1. The molecule has 3 aromatic heterocycles. The zero-order valence-corrected chi connectivity index (χ0v) is 16.4. The highest BCUT2D eigenvalue weighted by Gasteiger charge is 2.37. The van der Waals surface area contributed by atoms with Crippen molar-refractivity contribution in [1.29, 1.82) is 0 Å². The highest BCUT2D eigenvalue weighted by molar-refractivity contribution is 6.45. The van der Waals surface area contributed by atoms with Crippen LogP contribution in [0.2, 0.25) is 0 Å². The Morgan fingerprint density at radius 1 is 1.23 bits per heavy atom. The quantitative estimate of drug-likeness (QED) is 0.391. The number of hydrogen-bond acceptors (Lipinski definition) is 6. The summed E-state index contributed by atoms with van der Waals surface area (Å²) in [6.45, 7) is 2.56. The summed E-state index contributed by atoms with van der Waals surface area (Å²) >= 11 is 0. The van der Waals surface area contributed by atoms with Crippen LogP contribution < -0.4 is 4.74 Å². The van der Waals surface area contributed by atoms with Crippen molar-refractivity contribution in [3.05, 3.63) is 66.0 Å². The lowest BCUT2D eigenvalue weighted by Crippen LogP contribution is -2.57. The Balaban J connectivity index is 1.33. The third-order valence-corrected chi connectivity index (χ3v) is 5.18. The van der Waals surface area contributed by atoms with Gasteiger partial charge in [-0.05, 0) is 19.1 Å². The average molecular weight is 420 g/mol. The number of fused-ring (bicyclic) bond motifs is 1. The van der Waals surface area contributed by atoms with Gasteiger partial charge in [-0.25, -0.2) is 14.1 Å². The molecule has 4 heterocycles. The first-order valence-electron chi connectivity index (χ1n) is 9.60. The van der Waals surface area contributed by atoms with E-state index in [0.29, 0.717) is 5.75 Å². The Morgan fingerprint density at radius 2 is 2.00 bits per heavy atom. The van der Waals surface area contributed by atoms with Crippen LogP contribution in [-0.2, 0) is 4.79 Å². The third kappa shape index (κ3) is 3.31. The van der Waals surface area contributed by atoms with Crippen molar-refractivity contribution in [2.75, 3.05) is 13.1 Å². The first-order chi connectivity index (χ1) is 15.0. The minimum atomic E-state index is -0.797. The van der Waals surface area contributed by atoms with Crippen LogP contribution in [0.1, 0.15) is 15.9 Å². The average Bonchev–Trinajstić information content (AvgIpc) is 3.42. The van der Waals surface area contributed by atoms with Crippen molar-refractivity contribution in [2.45, 2.75) is 13.0 Å². The molecule has 4 aromatic rings. The summed E-state index contributed by atoms with van der Waals surface area (Å²) in [6.07, 6.45) is 5.11. The van der Waals surface area contributed by atoms with E-state index in [-0.39, 0.29) is 41.5 Å². The van der Waals surface area contributed by atoms with Gasteiger partial charge in [0.2, 0.25) is 0 Å². The number of nitrogens with one attached hydrogen (secondary N) is 1. The van der Waals surface area contributed by atoms with E-state index in [1.807, 2.05) is 31.2 Å². The molecule has 1 aliphatic heterocycles. The van der Waals surface area contributed by atoms with Crippen LogP contribution in [0.15, 0.2) is 49.1 Å². The van der Waals surface area contributed by atoms with Gasteiger partial charge in [0.25, 0.3) is 11.7 Å². The molecule has 1 fully saturated rings. The van der Waals surface area contributed by atoms with E-state index in [2.05, 4.69) is 20.3 Å². The van der Waals surface area contributed by atoms with E-state index in [1.54, 1.807) is 6.20 Å². The molecule has 1 aromatic carbocycles. The number of carbonyl (C=O) groups excluding carboxylic acids is 2. The third-order valence-electron chi connectivity index (χ3n) is 5.18. The summed E-state index contributed by atoms with van der Waals surface area (Å²) in [5.74, 6) is -1.23. The van der Waals surface area contributed by atoms with Gasteiger partial charge in [-0.3, -0.25) is 9.59 Å². The van der Waals surface area contributed by atoms with Crippen molar-refractivity contribution in [1.82, 2.24) is 29.9 Å². The smallest absolute Gasteiger partial charge is 0.295 e. The maximum Gasteiger partial charge on any atom is 0.295 e. The number of likely N-dealkylation sites (tertiary alicyclic amines) is 1. The fourth-order valence-corrected chi connectivity index (χ4v) is 3.52. The Labute approximate surface area is 175 Å². The predicted octanol–water partition coefficient (Wildman–Crippen LogP) is 2.06. The highest BCUT2D eigenvalue weighted by atomic mass is 19.1. The Hall–Kier alpha value is -4.08. The van der Waals surface area contributed by atoms with Gasteiger partial charge in [0.1, 0.15) is 11.9 Å². The van der Waals surface area contributed by atoms with Gasteiger partial charge in [0.15, 0.2) is 11.6 Å². The minimum Gasteiger partial charge on any atom is -0.487 e. The van der Waals surface area contributed by atoms with Gasteiger partial charge in [-0.2, -0.15) is 0 Å². The first kappa shape index (κ1) is 18.9. The number of halogens is 1. The van der Waals surface area contributed by atoms with Gasteiger partial charge in [-0.15, -0.1) is 5.10 Å². The van der Waals surface area contributed by atoms with Crippen LogP contribution in [-0.4, -0.2) is 60.7 Å². The van der Waals surface area contributed by atoms with Gasteiger partial charge < -0.3 is 14.6 Å². The fourth-order valence-electron chi connectivity index (χ4n) is 3.52. The number of carbonyl (C=O) groups is 2. The van der Waals surface area contributed by atoms with E-state index in [0.717, 1.165) is 11.8 Å². The van der Waals surface area contributed by atoms with Gasteiger partial charge in [0, 0.05) is 6.20 Å². The number of rotatable bonds is 5. The van der Waals surface area contributed by atoms with E-state index in [4.69, 9.17) is 4.74 Å². The first-order valence-corrected chi connectivity index (χ1v) is 9.60. The van der Waals surface area contributed by atoms with E-state index in [1.165, 1.54) is 22.0 Å². The number of pyridine rings is 1. The molecule has 156 valence electrons. The monoisotopic (exact) mass is 420 g/mol.